The Balaban J connectivity index is 1.95. The third-order valence-electron chi connectivity index (χ3n) is 5.27. The number of aromatic nitrogens is 1. The predicted octanol–water partition coefficient (Wildman–Crippen LogP) is 5.05. The van der Waals surface area contributed by atoms with Gasteiger partial charge in [0, 0.05) is 35.2 Å². The average Bonchev–Trinajstić information content (AvgIpc) is 3.25. The molecule has 0 spiro atoms. The van der Waals surface area contributed by atoms with Crippen LogP contribution in [0.2, 0.25) is 5.02 Å². The van der Waals surface area contributed by atoms with Crippen molar-refractivity contribution in [2.24, 2.45) is 0 Å². The zero-order valence-corrected chi connectivity index (χ0v) is 22.3. The van der Waals surface area contributed by atoms with Crippen molar-refractivity contribution >= 4 is 40.8 Å². The molecule has 0 radical (unpaired) electrons. The predicted molar refractivity (Wildman–Crippen MR) is 142 cm³/mol. The third-order valence-corrected chi connectivity index (χ3v) is 5.52. The number of rotatable bonds is 9. The molecule has 10 heteroatoms. The second kappa shape index (κ2) is 11.9. The van der Waals surface area contributed by atoms with Crippen LogP contribution in [0.3, 0.4) is 0 Å². The molecule has 3 rings (SSSR count). The van der Waals surface area contributed by atoms with Gasteiger partial charge in [-0.1, -0.05) is 28.9 Å². The molecular formula is C27H31ClN4O5. The molecule has 3 amide bonds. The summed E-state index contributed by atoms with van der Waals surface area (Å²) in [6.45, 7) is 7.29. The third kappa shape index (κ3) is 7.82. The van der Waals surface area contributed by atoms with Crippen molar-refractivity contribution in [1.82, 2.24) is 10.5 Å². The molecule has 1 aromatic heterocycles. The zero-order chi connectivity index (χ0) is 27.2. The fraction of sp³-hybridized carbons (Fsp3) is 0.333. The summed E-state index contributed by atoms with van der Waals surface area (Å²) in [5.41, 5.74) is 0.492. The van der Waals surface area contributed by atoms with Crippen molar-refractivity contribution in [2.45, 2.75) is 52.1 Å². The van der Waals surface area contributed by atoms with Crippen LogP contribution in [-0.4, -0.2) is 35.5 Å². The number of amides is 3. The molecule has 1 atom stereocenters. The van der Waals surface area contributed by atoms with E-state index in [1.165, 1.54) is 4.90 Å². The van der Waals surface area contributed by atoms with E-state index in [4.69, 9.17) is 20.9 Å². The van der Waals surface area contributed by atoms with E-state index in [0.717, 1.165) is 0 Å². The molecule has 0 saturated carbocycles. The van der Waals surface area contributed by atoms with E-state index in [2.05, 4.69) is 15.8 Å². The molecule has 2 N–H and O–H groups in total. The number of anilines is 2. The Morgan fingerprint density at radius 2 is 1.70 bits per heavy atom. The quantitative estimate of drug-likeness (QED) is 0.403. The fourth-order valence-corrected chi connectivity index (χ4v) is 3.78. The van der Waals surface area contributed by atoms with E-state index in [1.54, 1.807) is 68.6 Å². The Morgan fingerprint density at radius 1 is 1.05 bits per heavy atom. The maximum absolute atomic E-state index is 13.7. The van der Waals surface area contributed by atoms with Crippen molar-refractivity contribution in [2.75, 3.05) is 17.3 Å². The van der Waals surface area contributed by atoms with Crippen molar-refractivity contribution in [3.8, 4) is 5.75 Å². The average molecular weight is 527 g/mol. The lowest BCUT2D eigenvalue weighted by Gasteiger charge is -2.34. The second-order valence-corrected chi connectivity index (χ2v) is 9.96. The highest BCUT2D eigenvalue weighted by molar-refractivity contribution is 6.30. The lowest BCUT2D eigenvalue weighted by atomic mass is 10.00. The molecule has 0 aliphatic carbocycles. The number of hydrogen-bond acceptors (Lipinski definition) is 6. The van der Waals surface area contributed by atoms with Gasteiger partial charge in [-0.25, -0.2) is 0 Å². The van der Waals surface area contributed by atoms with Crippen LogP contribution in [0.1, 0.15) is 51.0 Å². The number of methoxy groups -OCH3 is 1. The van der Waals surface area contributed by atoms with Gasteiger partial charge in [0.05, 0.1) is 7.11 Å². The van der Waals surface area contributed by atoms with Crippen LogP contribution < -0.4 is 20.3 Å². The number of halogens is 1. The molecule has 196 valence electrons. The summed E-state index contributed by atoms with van der Waals surface area (Å²) >= 11 is 6.09. The largest absolute Gasteiger partial charge is 0.497 e. The second-order valence-electron chi connectivity index (χ2n) is 9.53. The number of hydrogen-bond donors (Lipinski definition) is 2. The number of ether oxygens (including phenoxy) is 1. The molecule has 0 fully saturated rings. The molecule has 9 nitrogen and oxygen atoms in total. The van der Waals surface area contributed by atoms with Crippen LogP contribution in [0.5, 0.6) is 5.75 Å². The van der Waals surface area contributed by atoms with E-state index in [0.29, 0.717) is 27.8 Å². The SMILES string of the molecule is COc1ccc([C@@H](C(=O)NC(C)(C)C)N(C(=O)CCC(=O)Nc2cc(C)on2)c2ccc(Cl)cc2)cc1. The molecule has 0 bridgehead atoms. The van der Waals surface area contributed by atoms with Crippen molar-refractivity contribution in [1.29, 1.82) is 0 Å². The van der Waals surface area contributed by atoms with Crippen LogP contribution in [0.15, 0.2) is 59.1 Å². The number of nitrogens with one attached hydrogen (secondary N) is 2. The maximum atomic E-state index is 13.7. The first-order valence-corrected chi connectivity index (χ1v) is 12.1. The number of benzene rings is 2. The lowest BCUT2D eigenvalue weighted by molar-refractivity contribution is -0.128. The molecular weight excluding hydrogens is 496 g/mol. The minimum Gasteiger partial charge on any atom is -0.497 e. The maximum Gasteiger partial charge on any atom is 0.248 e. The van der Waals surface area contributed by atoms with Gasteiger partial charge in [-0.05, 0) is 69.7 Å². The van der Waals surface area contributed by atoms with Gasteiger partial charge in [0.25, 0.3) is 0 Å². The van der Waals surface area contributed by atoms with Crippen molar-refractivity contribution in [3.05, 3.63) is 70.9 Å². The Labute approximate surface area is 221 Å². The zero-order valence-electron chi connectivity index (χ0n) is 21.5. The molecule has 3 aromatic rings. The summed E-state index contributed by atoms with van der Waals surface area (Å²) in [4.78, 5) is 41.2. The summed E-state index contributed by atoms with van der Waals surface area (Å²) < 4.78 is 10.2. The van der Waals surface area contributed by atoms with Gasteiger partial charge in [0.2, 0.25) is 17.7 Å². The highest BCUT2D eigenvalue weighted by atomic mass is 35.5. The molecule has 0 aliphatic rings. The van der Waals surface area contributed by atoms with Gasteiger partial charge in [0.15, 0.2) is 5.82 Å². The van der Waals surface area contributed by atoms with Crippen LogP contribution in [0, 0.1) is 6.92 Å². The highest BCUT2D eigenvalue weighted by Crippen LogP contribution is 2.31. The highest BCUT2D eigenvalue weighted by Gasteiger charge is 2.34. The Bertz CT molecular complexity index is 1230. The van der Waals surface area contributed by atoms with Gasteiger partial charge in [-0.15, -0.1) is 0 Å². The number of carbonyl (C=O) groups excluding carboxylic acids is 3. The fourth-order valence-electron chi connectivity index (χ4n) is 3.65. The molecule has 2 aromatic carbocycles. The first-order valence-electron chi connectivity index (χ1n) is 11.7. The van der Waals surface area contributed by atoms with E-state index >= 15 is 0 Å². The Morgan fingerprint density at radius 3 is 2.24 bits per heavy atom. The van der Waals surface area contributed by atoms with Gasteiger partial charge in [-0.3, -0.25) is 19.3 Å². The Hall–Kier alpha value is -3.85. The van der Waals surface area contributed by atoms with E-state index < -0.39 is 23.4 Å². The van der Waals surface area contributed by atoms with Gasteiger partial charge < -0.3 is 19.9 Å². The summed E-state index contributed by atoms with van der Waals surface area (Å²) in [7, 11) is 1.55. The summed E-state index contributed by atoms with van der Waals surface area (Å²) in [5, 5.41) is 9.80. The molecule has 37 heavy (non-hydrogen) atoms. The van der Waals surface area contributed by atoms with Crippen LogP contribution in [0.25, 0.3) is 0 Å². The normalized spacial score (nSPS) is 11.9. The molecule has 1 heterocycles. The van der Waals surface area contributed by atoms with Crippen molar-refractivity contribution < 1.29 is 23.6 Å². The van der Waals surface area contributed by atoms with Crippen LogP contribution in [0.4, 0.5) is 11.5 Å². The Kier molecular flexibility index (Phi) is 8.94. The first-order chi connectivity index (χ1) is 17.5. The minimum atomic E-state index is -1.01. The molecule has 0 unspecified atom stereocenters. The number of nitrogens with zero attached hydrogens (tertiary/aromatic N) is 2. The minimum absolute atomic E-state index is 0.120. The van der Waals surface area contributed by atoms with E-state index in [-0.39, 0.29) is 24.6 Å². The summed E-state index contributed by atoms with van der Waals surface area (Å²) in [6, 6.07) is 14.1. The van der Waals surface area contributed by atoms with Crippen molar-refractivity contribution in [3.63, 3.8) is 0 Å². The monoisotopic (exact) mass is 526 g/mol. The van der Waals surface area contributed by atoms with Gasteiger partial charge >= 0.3 is 0 Å². The number of carbonyl (C=O) groups is 3. The standard InChI is InChI=1S/C27H31ClN4O5/c1-17-16-22(31-37-17)29-23(33)14-15-24(34)32(20-10-8-19(28)9-11-20)25(26(35)30-27(2,3)4)18-6-12-21(36-5)13-7-18/h6-13,16,25H,14-15H2,1-5H3,(H,30,35)(H,29,31,33)/t25-/m0/s1. The molecule has 0 aliphatic heterocycles. The first kappa shape index (κ1) is 27.7. The molecule has 0 saturated heterocycles. The lowest BCUT2D eigenvalue weighted by Crippen LogP contribution is -2.49. The van der Waals surface area contributed by atoms with Crippen LogP contribution in [-0.2, 0) is 14.4 Å². The van der Waals surface area contributed by atoms with Gasteiger partial charge in [-0.2, -0.15) is 0 Å². The number of aryl methyl sites for hydroxylation is 1. The van der Waals surface area contributed by atoms with Crippen LogP contribution >= 0.6 is 11.6 Å². The van der Waals surface area contributed by atoms with E-state index in [9.17, 15) is 14.4 Å². The summed E-state index contributed by atoms with van der Waals surface area (Å²) in [6.07, 6.45) is -0.272. The van der Waals surface area contributed by atoms with Gasteiger partial charge in [0.1, 0.15) is 17.6 Å². The van der Waals surface area contributed by atoms with E-state index in [1.807, 2.05) is 20.8 Å². The summed E-state index contributed by atoms with van der Waals surface area (Å²) in [5.74, 6) is 0.237. The smallest absolute Gasteiger partial charge is 0.248 e. The topological polar surface area (TPSA) is 114 Å².